The third-order valence-corrected chi connectivity index (χ3v) is 3.06. The smallest absolute Gasteiger partial charge is 0.236 e. The van der Waals surface area contributed by atoms with Gasteiger partial charge in [-0.3, -0.25) is 4.79 Å². The van der Waals surface area contributed by atoms with Gasteiger partial charge < -0.3 is 11.1 Å². The molecule has 0 fully saturated rings. The number of halogens is 2. The molecule has 0 saturated carbocycles. The van der Waals surface area contributed by atoms with Crippen LogP contribution in [0.2, 0.25) is 0 Å². The van der Waals surface area contributed by atoms with Gasteiger partial charge in [0.15, 0.2) is 0 Å². The van der Waals surface area contributed by atoms with Gasteiger partial charge in [-0.15, -0.1) is 23.7 Å². The minimum absolute atomic E-state index is 0. The highest BCUT2D eigenvalue weighted by atomic mass is 79.9. The zero-order valence-electron chi connectivity index (χ0n) is 7.62. The van der Waals surface area contributed by atoms with Crippen LogP contribution in [-0.2, 0) is 11.3 Å². The van der Waals surface area contributed by atoms with E-state index in [9.17, 15) is 4.79 Å². The summed E-state index contributed by atoms with van der Waals surface area (Å²) in [4.78, 5) is 11.1. The Labute approximate surface area is 102 Å². The molecule has 0 aliphatic heterocycles. The molecule has 1 atom stereocenters. The number of nitrogens with two attached hydrogens (primary N) is 1. The Balaban J connectivity index is 0.00000169. The van der Waals surface area contributed by atoms with Gasteiger partial charge in [0.25, 0.3) is 0 Å². The molecule has 1 amide bonds. The molecule has 0 aromatic carbocycles. The molecule has 3 N–H and O–H groups in total. The van der Waals surface area contributed by atoms with E-state index in [1.807, 2.05) is 11.4 Å². The van der Waals surface area contributed by atoms with E-state index in [1.54, 1.807) is 18.3 Å². The molecule has 0 unspecified atom stereocenters. The number of nitrogens with one attached hydrogen (secondary N) is 1. The Morgan fingerprint density at radius 1 is 1.79 bits per heavy atom. The Morgan fingerprint density at radius 2 is 2.43 bits per heavy atom. The van der Waals surface area contributed by atoms with Gasteiger partial charge in [0.2, 0.25) is 5.91 Å². The molecule has 0 spiro atoms. The van der Waals surface area contributed by atoms with Gasteiger partial charge in [-0.25, -0.2) is 0 Å². The number of amides is 1. The third-order valence-electron chi connectivity index (χ3n) is 1.50. The lowest BCUT2D eigenvalue weighted by molar-refractivity contribution is -0.122. The summed E-state index contributed by atoms with van der Waals surface area (Å²) in [5.74, 6) is -0.123. The van der Waals surface area contributed by atoms with Crippen LogP contribution in [0, 0.1) is 0 Å². The fourth-order valence-electron chi connectivity index (χ4n) is 0.789. The minimum atomic E-state index is -0.443. The Hall–Kier alpha value is -0.100. The van der Waals surface area contributed by atoms with E-state index in [0.717, 1.165) is 9.35 Å². The summed E-state index contributed by atoms with van der Waals surface area (Å²) in [6.45, 7) is 2.21. The predicted molar refractivity (Wildman–Crippen MR) is 64.8 cm³/mol. The average Bonchev–Trinajstić information content (AvgIpc) is 2.47. The standard InChI is InChI=1S/C8H11BrN2OS.ClH/c1-5(10)8(12)11-3-6-2-7(9)13-4-6;/h2,4-5H,3,10H2,1H3,(H,11,12);1H/t5-;/m0./s1. The molecule has 0 saturated heterocycles. The van der Waals surface area contributed by atoms with Crippen LogP contribution in [-0.4, -0.2) is 11.9 Å². The van der Waals surface area contributed by atoms with Crippen LogP contribution in [0.25, 0.3) is 0 Å². The van der Waals surface area contributed by atoms with Gasteiger partial charge in [-0.05, 0) is 39.9 Å². The maximum atomic E-state index is 11.1. The molecule has 0 radical (unpaired) electrons. The summed E-state index contributed by atoms with van der Waals surface area (Å²) in [6.07, 6.45) is 0. The lowest BCUT2D eigenvalue weighted by Crippen LogP contribution is -2.37. The highest BCUT2D eigenvalue weighted by Gasteiger charge is 2.06. The molecule has 3 nitrogen and oxygen atoms in total. The first-order chi connectivity index (χ1) is 6.09. The van der Waals surface area contributed by atoms with E-state index in [0.29, 0.717) is 6.54 Å². The van der Waals surface area contributed by atoms with Crippen molar-refractivity contribution in [3.8, 4) is 0 Å². The molecule has 0 aliphatic carbocycles. The Bertz CT molecular complexity index is 303. The van der Waals surface area contributed by atoms with Crippen LogP contribution in [0.3, 0.4) is 0 Å². The fraction of sp³-hybridized carbons (Fsp3) is 0.375. The van der Waals surface area contributed by atoms with E-state index in [-0.39, 0.29) is 18.3 Å². The molecule has 1 aromatic rings. The quantitative estimate of drug-likeness (QED) is 0.895. The topological polar surface area (TPSA) is 55.1 Å². The Morgan fingerprint density at radius 3 is 2.86 bits per heavy atom. The molecule has 1 aromatic heterocycles. The highest BCUT2D eigenvalue weighted by molar-refractivity contribution is 9.11. The molecule has 80 valence electrons. The first-order valence-corrected chi connectivity index (χ1v) is 5.53. The summed E-state index contributed by atoms with van der Waals surface area (Å²) in [5, 5.41) is 4.73. The molecule has 0 aliphatic rings. The largest absolute Gasteiger partial charge is 0.351 e. The number of hydrogen-bond donors (Lipinski definition) is 2. The molecule has 6 heteroatoms. The van der Waals surface area contributed by atoms with Gasteiger partial charge in [0.05, 0.1) is 9.83 Å². The SMILES string of the molecule is C[C@H](N)C(=O)NCc1csc(Br)c1.Cl. The number of thiophene rings is 1. The zero-order chi connectivity index (χ0) is 9.84. The number of hydrogen-bond acceptors (Lipinski definition) is 3. The van der Waals surface area contributed by atoms with Gasteiger partial charge >= 0.3 is 0 Å². The number of carbonyl (C=O) groups is 1. The van der Waals surface area contributed by atoms with Crippen molar-refractivity contribution in [1.82, 2.24) is 5.32 Å². The summed E-state index contributed by atoms with van der Waals surface area (Å²) in [7, 11) is 0. The van der Waals surface area contributed by atoms with Gasteiger partial charge in [0.1, 0.15) is 0 Å². The molecule has 1 rings (SSSR count). The second-order valence-electron chi connectivity index (χ2n) is 2.77. The maximum absolute atomic E-state index is 11.1. The Kier molecular flexibility index (Phi) is 6.35. The van der Waals surface area contributed by atoms with Crippen molar-refractivity contribution in [3.63, 3.8) is 0 Å². The normalized spacial score (nSPS) is 11.6. The third kappa shape index (κ3) is 4.41. The molecular formula is C8H12BrClN2OS. The van der Waals surface area contributed by atoms with Crippen molar-refractivity contribution in [2.24, 2.45) is 5.73 Å². The lowest BCUT2D eigenvalue weighted by atomic mass is 10.3. The first-order valence-electron chi connectivity index (χ1n) is 3.86. The summed E-state index contributed by atoms with van der Waals surface area (Å²) in [6, 6.07) is 1.54. The second-order valence-corrected chi connectivity index (χ2v) is 5.06. The van der Waals surface area contributed by atoms with Gasteiger partial charge in [-0.2, -0.15) is 0 Å². The van der Waals surface area contributed by atoms with Crippen molar-refractivity contribution in [2.45, 2.75) is 19.5 Å². The highest BCUT2D eigenvalue weighted by Crippen LogP contribution is 2.20. The van der Waals surface area contributed by atoms with Crippen LogP contribution in [0.1, 0.15) is 12.5 Å². The fourth-order valence-corrected chi connectivity index (χ4v) is 2.00. The molecule has 14 heavy (non-hydrogen) atoms. The maximum Gasteiger partial charge on any atom is 0.236 e. The van der Waals surface area contributed by atoms with Crippen molar-refractivity contribution in [3.05, 3.63) is 20.8 Å². The summed E-state index contributed by atoms with van der Waals surface area (Å²) >= 11 is 4.95. The average molecular weight is 300 g/mol. The van der Waals surface area contributed by atoms with Crippen LogP contribution in [0.15, 0.2) is 15.2 Å². The molecular weight excluding hydrogens is 288 g/mol. The van der Waals surface area contributed by atoms with E-state index in [2.05, 4.69) is 21.2 Å². The first kappa shape index (κ1) is 13.9. The number of rotatable bonds is 3. The van der Waals surface area contributed by atoms with E-state index >= 15 is 0 Å². The van der Waals surface area contributed by atoms with Gasteiger partial charge in [0, 0.05) is 6.54 Å². The van der Waals surface area contributed by atoms with E-state index in [4.69, 9.17) is 5.73 Å². The summed E-state index contributed by atoms with van der Waals surface area (Å²) in [5.41, 5.74) is 6.48. The zero-order valence-corrected chi connectivity index (χ0v) is 10.8. The van der Waals surface area contributed by atoms with Gasteiger partial charge in [-0.1, -0.05) is 0 Å². The lowest BCUT2D eigenvalue weighted by Gasteiger charge is -2.05. The van der Waals surface area contributed by atoms with Crippen molar-refractivity contribution >= 4 is 45.6 Å². The van der Waals surface area contributed by atoms with Crippen LogP contribution in [0.5, 0.6) is 0 Å². The van der Waals surface area contributed by atoms with Crippen molar-refractivity contribution in [1.29, 1.82) is 0 Å². The minimum Gasteiger partial charge on any atom is -0.351 e. The van der Waals surface area contributed by atoms with E-state index < -0.39 is 6.04 Å². The van der Waals surface area contributed by atoms with Crippen molar-refractivity contribution < 1.29 is 4.79 Å². The van der Waals surface area contributed by atoms with E-state index in [1.165, 1.54) is 0 Å². The molecule has 0 bridgehead atoms. The van der Waals surface area contributed by atoms with Crippen LogP contribution in [0.4, 0.5) is 0 Å². The number of carbonyl (C=O) groups excluding carboxylic acids is 1. The second kappa shape index (κ2) is 6.40. The monoisotopic (exact) mass is 298 g/mol. The summed E-state index contributed by atoms with van der Waals surface area (Å²) < 4.78 is 1.07. The van der Waals surface area contributed by atoms with Crippen LogP contribution >= 0.6 is 39.7 Å². The predicted octanol–water partition coefficient (Wildman–Crippen LogP) is 1.90. The van der Waals surface area contributed by atoms with Crippen molar-refractivity contribution in [2.75, 3.05) is 0 Å². The van der Waals surface area contributed by atoms with Crippen LogP contribution < -0.4 is 11.1 Å². The molecule has 1 heterocycles.